The van der Waals surface area contributed by atoms with Crippen molar-refractivity contribution in [2.75, 3.05) is 11.9 Å². The monoisotopic (exact) mass is 264 g/mol. The van der Waals surface area contributed by atoms with Crippen LogP contribution in [0.15, 0.2) is 29.3 Å². The highest BCUT2D eigenvalue weighted by Crippen LogP contribution is 2.29. The molecule has 98 valence electrons. The molecule has 1 aliphatic rings. The summed E-state index contributed by atoms with van der Waals surface area (Å²) in [5.74, 6) is 0.883. The molecule has 3 nitrogen and oxygen atoms in total. The minimum Gasteiger partial charge on any atom is -0.492 e. The van der Waals surface area contributed by atoms with Gasteiger partial charge >= 0.3 is 0 Å². The van der Waals surface area contributed by atoms with Gasteiger partial charge in [-0.05, 0) is 32.4 Å². The van der Waals surface area contributed by atoms with Crippen LogP contribution in [0.1, 0.15) is 27.2 Å². The summed E-state index contributed by atoms with van der Waals surface area (Å²) in [6, 6.07) is 8.39. The molecule has 0 saturated carbocycles. The van der Waals surface area contributed by atoms with E-state index in [-0.39, 0.29) is 0 Å². The van der Waals surface area contributed by atoms with Crippen molar-refractivity contribution < 1.29 is 4.74 Å². The molecule has 1 aliphatic heterocycles. The van der Waals surface area contributed by atoms with Crippen molar-refractivity contribution >= 4 is 22.6 Å². The van der Waals surface area contributed by atoms with Crippen molar-refractivity contribution in [2.45, 2.75) is 38.5 Å². The van der Waals surface area contributed by atoms with Gasteiger partial charge in [0.15, 0.2) is 5.17 Å². The fourth-order valence-corrected chi connectivity index (χ4v) is 3.20. The van der Waals surface area contributed by atoms with Gasteiger partial charge in [-0.15, -0.1) is 0 Å². The van der Waals surface area contributed by atoms with E-state index in [9.17, 15) is 0 Å². The second-order valence-electron chi connectivity index (χ2n) is 4.50. The minimum absolute atomic E-state index is 0.392. The molecule has 0 saturated heterocycles. The maximum atomic E-state index is 5.61. The van der Waals surface area contributed by atoms with Gasteiger partial charge in [-0.3, -0.25) is 4.99 Å². The van der Waals surface area contributed by atoms with Gasteiger partial charge in [0.2, 0.25) is 0 Å². The van der Waals surface area contributed by atoms with Crippen LogP contribution in [0.4, 0.5) is 5.69 Å². The number of benzene rings is 1. The second-order valence-corrected chi connectivity index (χ2v) is 5.93. The van der Waals surface area contributed by atoms with Gasteiger partial charge in [-0.25, -0.2) is 0 Å². The summed E-state index contributed by atoms with van der Waals surface area (Å²) in [6.45, 7) is 7.07. The van der Waals surface area contributed by atoms with E-state index in [0.29, 0.717) is 17.9 Å². The lowest BCUT2D eigenvalue weighted by Crippen LogP contribution is -2.22. The number of para-hydroxylation sites is 2. The lowest BCUT2D eigenvalue weighted by Gasteiger charge is -2.23. The Morgan fingerprint density at radius 3 is 2.89 bits per heavy atom. The number of ether oxygens (including phenoxy) is 1. The topological polar surface area (TPSA) is 33.6 Å². The van der Waals surface area contributed by atoms with E-state index in [1.807, 2.05) is 31.2 Å². The fourth-order valence-electron chi connectivity index (χ4n) is 2.03. The molecule has 1 aromatic rings. The van der Waals surface area contributed by atoms with Crippen LogP contribution in [0.3, 0.4) is 0 Å². The zero-order chi connectivity index (χ0) is 13.0. The van der Waals surface area contributed by atoms with Gasteiger partial charge in [0, 0.05) is 5.25 Å². The van der Waals surface area contributed by atoms with Gasteiger partial charge in [-0.2, -0.15) is 0 Å². The van der Waals surface area contributed by atoms with Crippen LogP contribution in [0.25, 0.3) is 0 Å². The van der Waals surface area contributed by atoms with E-state index in [0.717, 1.165) is 23.0 Å². The van der Waals surface area contributed by atoms with E-state index >= 15 is 0 Å². The number of rotatable bonds is 3. The number of thioether (sulfide) groups is 1. The Morgan fingerprint density at radius 2 is 2.17 bits per heavy atom. The first-order valence-electron chi connectivity index (χ1n) is 6.42. The summed E-state index contributed by atoms with van der Waals surface area (Å²) in [5, 5.41) is 4.99. The number of aliphatic imine (C=N–C) groups is 1. The zero-order valence-electron chi connectivity index (χ0n) is 11.1. The second kappa shape index (κ2) is 6.14. The molecule has 0 spiro atoms. The molecule has 0 aliphatic carbocycles. The fraction of sp³-hybridized carbons (Fsp3) is 0.500. The quantitative estimate of drug-likeness (QED) is 0.902. The first kappa shape index (κ1) is 13.3. The maximum absolute atomic E-state index is 5.61. The molecule has 1 heterocycles. The Morgan fingerprint density at radius 1 is 1.39 bits per heavy atom. The molecular formula is C14H20N2OS. The van der Waals surface area contributed by atoms with Crippen LogP contribution in [0, 0.1) is 0 Å². The molecule has 0 fully saturated rings. The third-order valence-electron chi connectivity index (χ3n) is 2.75. The van der Waals surface area contributed by atoms with Gasteiger partial charge in [0.1, 0.15) is 5.75 Å². The maximum Gasteiger partial charge on any atom is 0.161 e. The average molecular weight is 264 g/mol. The van der Waals surface area contributed by atoms with Crippen molar-refractivity contribution in [1.29, 1.82) is 0 Å². The number of nitrogens with one attached hydrogen (secondary N) is 1. The molecule has 4 heteroatoms. The van der Waals surface area contributed by atoms with Crippen LogP contribution in [-0.2, 0) is 0 Å². The highest BCUT2D eigenvalue weighted by atomic mass is 32.2. The normalized spacial score (nSPS) is 23.4. The van der Waals surface area contributed by atoms with E-state index in [1.165, 1.54) is 0 Å². The van der Waals surface area contributed by atoms with E-state index in [4.69, 9.17) is 4.74 Å². The summed E-state index contributed by atoms with van der Waals surface area (Å²) in [5.41, 5.74) is 0.992. The van der Waals surface area contributed by atoms with Crippen molar-refractivity contribution in [1.82, 2.24) is 0 Å². The third kappa shape index (κ3) is 3.42. The molecule has 0 bridgehead atoms. The molecular weight excluding hydrogens is 244 g/mol. The predicted molar refractivity (Wildman–Crippen MR) is 79.8 cm³/mol. The molecule has 18 heavy (non-hydrogen) atoms. The summed E-state index contributed by atoms with van der Waals surface area (Å²) in [6.07, 6.45) is 1.14. The number of hydrogen-bond acceptors (Lipinski definition) is 4. The van der Waals surface area contributed by atoms with E-state index in [2.05, 4.69) is 24.2 Å². The summed E-state index contributed by atoms with van der Waals surface area (Å²) >= 11 is 1.80. The highest BCUT2D eigenvalue weighted by molar-refractivity contribution is 8.14. The zero-order valence-corrected chi connectivity index (χ0v) is 12.0. The Hall–Kier alpha value is -1.16. The van der Waals surface area contributed by atoms with Crippen molar-refractivity contribution in [3.63, 3.8) is 0 Å². The van der Waals surface area contributed by atoms with Crippen LogP contribution < -0.4 is 10.1 Å². The summed E-state index contributed by atoms with van der Waals surface area (Å²) in [4.78, 5) is 4.64. The lowest BCUT2D eigenvalue weighted by molar-refractivity contribution is 0.342. The number of nitrogens with zero attached hydrogens (tertiary/aromatic N) is 1. The Labute approximate surface area is 113 Å². The van der Waals surface area contributed by atoms with Gasteiger partial charge in [-0.1, -0.05) is 30.8 Å². The SMILES string of the molecule is CCOc1ccccc1NC1=NC(C)CC(C)S1. The van der Waals surface area contributed by atoms with Gasteiger partial charge < -0.3 is 10.1 Å². The summed E-state index contributed by atoms with van der Waals surface area (Å²) in [7, 11) is 0. The molecule has 0 aromatic heterocycles. The highest BCUT2D eigenvalue weighted by Gasteiger charge is 2.19. The van der Waals surface area contributed by atoms with Crippen LogP contribution in [0.2, 0.25) is 0 Å². The number of hydrogen-bond donors (Lipinski definition) is 1. The van der Waals surface area contributed by atoms with Crippen LogP contribution >= 0.6 is 11.8 Å². The Bertz CT molecular complexity index is 434. The standard InChI is InChI=1S/C14H20N2OS/c1-4-17-13-8-6-5-7-12(13)16-14-15-10(2)9-11(3)18-14/h5-8,10-11H,4,9H2,1-3H3,(H,15,16). The predicted octanol–water partition coefficient (Wildman–Crippen LogP) is 3.77. The number of anilines is 1. The largest absolute Gasteiger partial charge is 0.492 e. The van der Waals surface area contributed by atoms with Gasteiger partial charge in [0.25, 0.3) is 0 Å². The first-order valence-corrected chi connectivity index (χ1v) is 7.30. The first-order chi connectivity index (χ1) is 8.69. The summed E-state index contributed by atoms with van der Waals surface area (Å²) < 4.78 is 5.61. The molecule has 2 rings (SSSR count). The third-order valence-corrected chi connectivity index (χ3v) is 3.78. The van der Waals surface area contributed by atoms with E-state index < -0.39 is 0 Å². The average Bonchev–Trinajstić information content (AvgIpc) is 2.30. The van der Waals surface area contributed by atoms with Crippen molar-refractivity contribution in [3.8, 4) is 5.75 Å². The Kier molecular flexibility index (Phi) is 4.53. The molecule has 0 amide bonds. The smallest absolute Gasteiger partial charge is 0.161 e. The van der Waals surface area contributed by atoms with Crippen LogP contribution in [-0.4, -0.2) is 23.1 Å². The minimum atomic E-state index is 0.392. The molecule has 2 atom stereocenters. The van der Waals surface area contributed by atoms with Gasteiger partial charge in [0.05, 0.1) is 18.3 Å². The Balaban J connectivity index is 2.13. The van der Waals surface area contributed by atoms with Crippen molar-refractivity contribution in [3.05, 3.63) is 24.3 Å². The molecule has 1 N–H and O–H groups in total. The molecule has 2 unspecified atom stereocenters. The molecule has 0 radical (unpaired) electrons. The van der Waals surface area contributed by atoms with Crippen LogP contribution in [0.5, 0.6) is 5.75 Å². The van der Waals surface area contributed by atoms with Crippen molar-refractivity contribution in [2.24, 2.45) is 4.99 Å². The lowest BCUT2D eigenvalue weighted by atomic mass is 10.2. The number of amidine groups is 1. The molecule has 1 aromatic carbocycles. The van der Waals surface area contributed by atoms with E-state index in [1.54, 1.807) is 11.8 Å².